The number of fused-ring (bicyclic) bond motifs is 1. The Kier molecular flexibility index (Phi) is 3.25. The first-order valence-electron chi connectivity index (χ1n) is 6.69. The van der Waals surface area contributed by atoms with Gasteiger partial charge in [-0.25, -0.2) is 4.98 Å². The molecule has 20 heavy (non-hydrogen) atoms. The van der Waals surface area contributed by atoms with Gasteiger partial charge in [0.15, 0.2) is 0 Å². The fourth-order valence-corrected chi connectivity index (χ4v) is 2.74. The molecule has 0 aliphatic heterocycles. The summed E-state index contributed by atoms with van der Waals surface area (Å²) in [4.78, 5) is 20.0. The van der Waals surface area contributed by atoms with Gasteiger partial charge in [-0.3, -0.25) is 4.79 Å². The largest absolute Gasteiger partial charge is 0.469 e. The zero-order chi connectivity index (χ0) is 14.1. The van der Waals surface area contributed by atoms with Crippen LogP contribution in [0.4, 0.5) is 5.82 Å². The molecule has 2 heterocycles. The van der Waals surface area contributed by atoms with Crippen molar-refractivity contribution in [2.24, 2.45) is 5.92 Å². The van der Waals surface area contributed by atoms with Crippen molar-refractivity contribution in [3.05, 3.63) is 18.1 Å². The maximum Gasteiger partial charge on any atom is 0.308 e. The third-order valence-corrected chi connectivity index (χ3v) is 3.70. The van der Waals surface area contributed by atoms with Crippen LogP contribution in [0.5, 0.6) is 0 Å². The third kappa shape index (κ3) is 2.31. The number of hydrogen-bond acceptors (Lipinski definition) is 6. The number of hydrogen-bond donors (Lipinski definition) is 1. The van der Waals surface area contributed by atoms with E-state index in [1.54, 1.807) is 4.52 Å². The number of ether oxygens (including phenoxy) is 1. The highest BCUT2D eigenvalue weighted by Gasteiger charge is 2.30. The molecule has 7 heteroatoms. The molecule has 2 aromatic rings. The monoisotopic (exact) mass is 275 g/mol. The highest BCUT2D eigenvalue weighted by atomic mass is 16.5. The quantitative estimate of drug-likeness (QED) is 0.847. The fourth-order valence-electron chi connectivity index (χ4n) is 2.74. The number of nitrogens with zero attached hydrogens (tertiary/aromatic N) is 4. The van der Waals surface area contributed by atoms with Crippen LogP contribution in [0.15, 0.2) is 12.4 Å². The van der Waals surface area contributed by atoms with Crippen molar-refractivity contribution in [2.75, 3.05) is 12.4 Å². The molecule has 2 atom stereocenters. The molecule has 0 radical (unpaired) electrons. The number of aryl methyl sites for hydroxylation is 1. The minimum atomic E-state index is -0.119. The highest BCUT2D eigenvalue weighted by molar-refractivity contribution is 5.72. The Bertz CT molecular complexity index is 639. The predicted molar refractivity (Wildman–Crippen MR) is 72.3 cm³/mol. The summed E-state index contributed by atoms with van der Waals surface area (Å²) < 4.78 is 6.48. The summed E-state index contributed by atoms with van der Waals surface area (Å²) in [6, 6.07) is 2.18. The predicted octanol–water partition coefficient (Wildman–Crippen LogP) is 1.19. The Hall–Kier alpha value is -2.18. The van der Waals surface area contributed by atoms with E-state index in [0.29, 0.717) is 5.78 Å². The van der Waals surface area contributed by atoms with Gasteiger partial charge in [0, 0.05) is 17.8 Å². The van der Waals surface area contributed by atoms with Crippen LogP contribution in [0.3, 0.4) is 0 Å². The molecular weight excluding hydrogens is 258 g/mol. The molecule has 1 fully saturated rings. The van der Waals surface area contributed by atoms with E-state index >= 15 is 0 Å². The Morgan fingerprint density at radius 1 is 1.50 bits per heavy atom. The molecule has 0 saturated heterocycles. The molecule has 0 unspecified atom stereocenters. The normalized spacial score (nSPS) is 22.1. The van der Waals surface area contributed by atoms with E-state index in [-0.39, 0.29) is 17.9 Å². The summed E-state index contributed by atoms with van der Waals surface area (Å²) in [6.07, 6.45) is 4.06. The molecule has 7 nitrogen and oxygen atoms in total. The molecule has 3 rings (SSSR count). The van der Waals surface area contributed by atoms with Gasteiger partial charge in [-0.15, -0.1) is 0 Å². The molecule has 0 spiro atoms. The number of aromatic nitrogens is 4. The van der Waals surface area contributed by atoms with Crippen LogP contribution in [-0.4, -0.2) is 38.7 Å². The van der Waals surface area contributed by atoms with Crippen molar-refractivity contribution >= 4 is 17.6 Å². The minimum absolute atomic E-state index is 0.00771. The molecule has 106 valence electrons. The van der Waals surface area contributed by atoms with Crippen molar-refractivity contribution in [3.8, 4) is 0 Å². The zero-order valence-corrected chi connectivity index (χ0v) is 11.5. The Morgan fingerprint density at radius 3 is 3.15 bits per heavy atom. The number of nitrogens with one attached hydrogen (secondary N) is 1. The van der Waals surface area contributed by atoms with Gasteiger partial charge in [-0.2, -0.15) is 14.6 Å². The van der Waals surface area contributed by atoms with E-state index in [1.165, 1.54) is 13.4 Å². The fraction of sp³-hybridized carbons (Fsp3) is 0.538. The lowest BCUT2D eigenvalue weighted by molar-refractivity contribution is -0.145. The van der Waals surface area contributed by atoms with Gasteiger partial charge in [0.25, 0.3) is 5.78 Å². The summed E-state index contributed by atoms with van der Waals surface area (Å²) in [5.74, 6) is 1.31. The van der Waals surface area contributed by atoms with Crippen molar-refractivity contribution < 1.29 is 9.53 Å². The average Bonchev–Trinajstić information content (AvgIpc) is 3.06. The molecule has 1 saturated carbocycles. The maximum absolute atomic E-state index is 11.5. The van der Waals surface area contributed by atoms with E-state index in [1.807, 2.05) is 13.0 Å². The standard InChI is InChI=1S/C13H17N5O2/c1-8-5-11(18-13(16-8)14-7-15-18)17-10-4-3-9(6-10)12(19)20-2/h5,7,9-10,17H,3-4,6H2,1-2H3/t9-,10+/m0/s1. The highest BCUT2D eigenvalue weighted by Crippen LogP contribution is 2.29. The first kappa shape index (κ1) is 12.8. The molecule has 1 aliphatic carbocycles. The van der Waals surface area contributed by atoms with E-state index in [4.69, 9.17) is 4.74 Å². The summed E-state index contributed by atoms with van der Waals surface area (Å²) in [5, 5.41) is 7.59. The van der Waals surface area contributed by atoms with Gasteiger partial charge < -0.3 is 10.1 Å². The first-order valence-corrected chi connectivity index (χ1v) is 6.69. The smallest absolute Gasteiger partial charge is 0.308 e. The number of carbonyl (C=O) groups excluding carboxylic acids is 1. The van der Waals surface area contributed by atoms with Crippen LogP contribution in [-0.2, 0) is 9.53 Å². The minimum Gasteiger partial charge on any atom is -0.469 e. The van der Waals surface area contributed by atoms with Crippen LogP contribution in [0.1, 0.15) is 25.0 Å². The number of carbonyl (C=O) groups is 1. The molecule has 0 aromatic carbocycles. The Morgan fingerprint density at radius 2 is 2.35 bits per heavy atom. The second kappa shape index (κ2) is 5.07. The first-order chi connectivity index (χ1) is 9.67. The van der Waals surface area contributed by atoms with Gasteiger partial charge in [-0.1, -0.05) is 0 Å². The van der Waals surface area contributed by atoms with Crippen molar-refractivity contribution in [1.29, 1.82) is 0 Å². The van der Waals surface area contributed by atoms with Crippen molar-refractivity contribution in [3.63, 3.8) is 0 Å². The summed E-state index contributed by atoms with van der Waals surface area (Å²) >= 11 is 0. The number of esters is 1. The lowest BCUT2D eigenvalue weighted by Gasteiger charge is -2.15. The molecule has 0 amide bonds. The summed E-state index contributed by atoms with van der Waals surface area (Å²) in [6.45, 7) is 1.92. The van der Waals surface area contributed by atoms with Crippen molar-refractivity contribution in [2.45, 2.75) is 32.2 Å². The van der Waals surface area contributed by atoms with E-state index in [9.17, 15) is 4.79 Å². The van der Waals surface area contributed by atoms with E-state index in [0.717, 1.165) is 30.8 Å². The lowest BCUT2D eigenvalue weighted by atomic mass is 10.1. The Balaban J connectivity index is 1.77. The summed E-state index contributed by atoms with van der Waals surface area (Å²) in [7, 11) is 1.44. The molecule has 1 N–H and O–H groups in total. The van der Waals surface area contributed by atoms with Crippen LogP contribution in [0.25, 0.3) is 5.78 Å². The number of anilines is 1. The number of rotatable bonds is 3. The molecule has 2 aromatic heterocycles. The average molecular weight is 275 g/mol. The van der Waals surface area contributed by atoms with Gasteiger partial charge in [0.1, 0.15) is 12.1 Å². The SMILES string of the molecule is COC(=O)[C@H]1CC[C@@H](Nc2cc(C)nc3ncnn23)C1. The van der Waals surface area contributed by atoms with Crippen LogP contribution in [0.2, 0.25) is 0 Å². The van der Waals surface area contributed by atoms with Gasteiger partial charge in [-0.05, 0) is 26.2 Å². The van der Waals surface area contributed by atoms with Crippen LogP contribution in [0, 0.1) is 12.8 Å². The van der Waals surface area contributed by atoms with Gasteiger partial charge in [0.05, 0.1) is 13.0 Å². The van der Waals surface area contributed by atoms with E-state index in [2.05, 4.69) is 20.4 Å². The third-order valence-electron chi connectivity index (χ3n) is 3.70. The lowest BCUT2D eigenvalue weighted by Crippen LogP contribution is -2.20. The second-order valence-electron chi connectivity index (χ2n) is 5.13. The maximum atomic E-state index is 11.5. The van der Waals surface area contributed by atoms with Crippen LogP contribution >= 0.6 is 0 Å². The second-order valence-corrected chi connectivity index (χ2v) is 5.13. The van der Waals surface area contributed by atoms with E-state index < -0.39 is 0 Å². The summed E-state index contributed by atoms with van der Waals surface area (Å²) in [5.41, 5.74) is 0.885. The number of methoxy groups -OCH3 is 1. The van der Waals surface area contributed by atoms with Gasteiger partial charge in [0.2, 0.25) is 0 Å². The van der Waals surface area contributed by atoms with Crippen molar-refractivity contribution in [1.82, 2.24) is 19.6 Å². The molecular formula is C13H17N5O2. The Labute approximate surface area is 116 Å². The molecule has 0 bridgehead atoms. The van der Waals surface area contributed by atoms with Gasteiger partial charge >= 0.3 is 5.97 Å². The zero-order valence-electron chi connectivity index (χ0n) is 11.5. The molecule has 1 aliphatic rings. The topological polar surface area (TPSA) is 81.4 Å². The van der Waals surface area contributed by atoms with Crippen LogP contribution < -0.4 is 5.32 Å².